The van der Waals surface area contributed by atoms with E-state index in [-0.39, 0.29) is 11.7 Å². The third-order valence-corrected chi connectivity index (χ3v) is 4.25. The van der Waals surface area contributed by atoms with Crippen molar-refractivity contribution in [2.24, 2.45) is 5.92 Å². The minimum atomic E-state index is -3.18. The van der Waals surface area contributed by atoms with Crippen LogP contribution in [0, 0.1) is 5.92 Å². The Balaban J connectivity index is 2.58. The van der Waals surface area contributed by atoms with Crippen molar-refractivity contribution in [2.75, 3.05) is 32.9 Å². The van der Waals surface area contributed by atoms with Crippen molar-refractivity contribution in [2.45, 2.75) is 6.10 Å². The van der Waals surface area contributed by atoms with Crippen LogP contribution in [-0.2, 0) is 10.0 Å². The second kappa shape index (κ2) is 3.91. The number of nitrogens with one attached hydrogen (secondary N) is 1. The fourth-order valence-corrected chi connectivity index (χ4v) is 2.49. The Kier molecular flexibility index (Phi) is 3.28. The second-order valence-electron chi connectivity index (χ2n) is 3.55. The van der Waals surface area contributed by atoms with Gasteiger partial charge in [-0.1, -0.05) is 0 Å². The number of hydrogen-bond donors (Lipinski definition) is 2. The number of hydrogen-bond acceptors (Lipinski definition) is 4. The van der Waals surface area contributed by atoms with E-state index < -0.39 is 16.1 Å². The maximum absolute atomic E-state index is 11.4. The summed E-state index contributed by atoms with van der Waals surface area (Å²) in [6.07, 6.45) is -0.533. The summed E-state index contributed by atoms with van der Waals surface area (Å²) in [5, 5.41) is 12.3. The minimum absolute atomic E-state index is 0.0220. The van der Waals surface area contributed by atoms with Gasteiger partial charge in [0.1, 0.15) is 0 Å². The number of β-amino-alcohol motifs (C(OH)–C–C–N with tert-alkyl or cyclic N) is 1. The minimum Gasteiger partial charge on any atom is -0.391 e. The van der Waals surface area contributed by atoms with Crippen molar-refractivity contribution in [1.82, 2.24) is 9.62 Å². The summed E-state index contributed by atoms with van der Waals surface area (Å²) in [6, 6.07) is 0. The van der Waals surface area contributed by atoms with Crippen molar-refractivity contribution in [3.8, 4) is 0 Å². The molecule has 0 spiro atoms. The normalized spacial score (nSPS) is 29.8. The molecule has 0 amide bonds. The Bertz CT molecular complexity index is 263. The van der Waals surface area contributed by atoms with Gasteiger partial charge < -0.3 is 10.4 Å². The van der Waals surface area contributed by atoms with E-state index >= 15 is 0 Å². The summed E-state index contributed by atoms with van der Waals surface area (Å²) in [6.45, 7) is 1.07. The third-order valence-electron chi connectivity index (χ3n) is 2.29. The number of sulfonamides is 1. The molecular formula is C7H16N2O3S. The first-order chi connectivity index (χ1) is 5.93. The molecule has 1 rings (SSSR count). The van der Waals surface area contributed by atoms with E-state index in [0.717, 1.165) is 0 Å². The highest BCUT2D eigenvalue weighted by atomic mass is 32.2. The lowest BCUT2D eigenvalue weighted by Crippen LogP contribution is -2.33. The molecule has 0 bridgehead atoms. The molecule has 0 aromatic heterocycles. The zero-order chi connectivity index (χ0) is 10.1. The van der Waals surface area contributed by atoms with E-state index in [1.54, 1.807) is 0 Å². The van der Waals surface area contributed by atoms with Crippen LogP contribution in [0.1, 0.15) is 0 Å². The Morgan fingerprint density at radius 3 is 2.46 bits per heavy atom. The van der Waals surface area contributed by atoms with Crippen molar-refractivity contribution in [3.63, 3.8) is 0 Å². The maximum atomic E-state index is 11.4. The van der Waals surface area contributed by atoms with Gasteiger partial charge in [0.05, 0.1) is 11.9 Å². The van der Waals surface area contributed by atoms with Gasteiger partial charge in [-0.25, -0.2) is 12.7 Å². The van der Waals surface area contributed by atoms with E-state index in [9.17, 15) is 13.5 Å². The van der Waals surface area contributed by atoms with Gasteiger partial charge in [0, 0.05) is 33.1 Å². The third kappa shape index (κ3) is 2.63. The monoisotopic (exact) mass is 208 g/mol. The molecule has 0 aromatic carbocycles. The van der Waals surface area contributed by atoms with E-state index in [1.807, 2.05) is 0 Å². The Morgan fingerprint density at radius 1 is 1.46 bits per heavy atom. The summed E-state index contributed by atoms with van der Waals surface area (Å²) >= 11 is 0. The first kappa shape index (κ1) is 10.9. The molecule has 0 aliphatic carbocycles. The molecule has 1 saturated heterocycles. The van der Waals surface area contributed by atoms with E-state index in [1.165, 1.54) is 18.4 Å². The zero-order valence-corrected chi connectivity index (χ0v) is 8.71. The highest BCUT2D eigenvalue weighted by Crippen LogP contribution is 2.12. The molecule has 78 valence electrons. The Labute approximate surface area is 78.8 Å². The van der Waals surface area contributed by atoms with Gasteiger partial charge in [0.25, 0.3) is 0 Å². The smallest absolute Gasteiger partial charge is 0.214 e. The number of rotatable bonds is 3. The molecule has 1 aliphatic heterocycles. The average Bonchev–Trinajstić information content (AvgIpc) is 2.35. The van der Waals surface area contributed by atoms with E-state index in [4.69, 9.17) is 0 Å². The van der Waals surface area contributed by atoms with Crippen LogP contribution in [0.2, 0.25) is 0 Å². The highest BCUT2D eigenvalue weighted by molar-refractivity contribution is 7.89. The largest absolute Gasteiger partial charge is 0.391 e. The van der Waals surface area contributed by atoms with Crippen LogP contribution in [0.3, 0.4) is 0 Å². The molecule has 2 N–H and O–H groups in total. The quantitative estimate of drug-likeness (QED) is 0.589. The molecule has 2 atom stereocenters. The molecule has 1 heterocycles. The molecule has 0 saturated carbocycles. The van der Waals surface area contributed by atoms with Gasteiger partial charge in [0.2, 0.25) is 10.0 Å². The standard InChI is InChI=1S/C7H16N2O3S/c1-9(2)13(11,12)5-6-3-8-4-7(6)10/h6-8,10H,3-5H2,1-2H3. The topological polar surface area (TPSA) is 69.6 Å². The lowest BCUT2D eigenvalue weighted by Gasteiger charge is -2.16. The predicted octanol–water partition coefficient (Wildman–Crippen LogP) is -1.54. The summed E-state index contributed by atoms with van der Waals surface area (Å²) in [7, 11) is -0.173. The van der Waals surface area contributed by atoms with Crippen molar-refractivity contribution < 1.29 is 13.5 Å². The van der Waals surface area contributed by atoms with Gasteiger partial charge in [0.15, 0.2) is 0 Å². The first-order valence-electron chi connectivity index (χ1n) is 4.22. The summed E-state index contributed by atoms with van der Waals surface area (Å²) < 4.78 is 24.0. The fourth-order valence-electron chi connectivity index (χ4n) is 1.31. The molecule has 13 heavy (non-hydrogen) atoms. The second-order valence-corrected chi connectivity index (χ2v) is 5.77. The maximum Gasteiger partial charge on any atom is 0.214 e. The summed E-state index contributed by atoms with van der Waals surface area (Å²) in [4.78, 5) is 0. The number of aliphatic hydroxyl groups is 1. The van der Waals surface area contributed by atoms with Crippen molar-refractivity contribution >= 4 is 10.0 Å². The molecule has 0 radical (unpaired) electrons. The lowest BCUT2D eigenvalue weighted by molar-refractivity contribution is 0.157. The molecule has 0 aromatic rings. The summed E-state index contributed by atoms with van der Waals surface area (Å²) in [5.41, 5.74) is 0. The van der Waals surface area contributed by atoms with Crippen molar-refractivity contribution in [3.05, 3.63) is 0 Å². The van der Waals surface area contributed by atoms with Crippen LogP contribution in [0.4, 0.5) is 0 Å². The molecule has 1 aliphatic rings. The van der Waals surface area contributed by atoms with Crippen LogP contribution in [0.5, 0.6) is 0 Å². The number of aliphatic hydroxyl groups excluding tert-OH is 1. The Morgan fingerprint density at radius 2 is 2.08 bits per heavy atom. The van der Waals surface area contributed by atoms with Crippen LogP contribution >= 0.6 is 0 Å². The fraction of sp³-hybridized carbons (Fsp3) is 1.00. The highest BCUT2D eigenvalue weighted by Gasteiger charge is 2.30. The van der Waals surface area contributed by atoms with Crippen molar-refractivity contribution in [1.29, 1.82) is 0 Å². The number of nitrogens with zero attached hydrogens (tertiary/aromatic N) is 1. The van der Waals surface area contributed by atoms with Crippen LogP contribution in [0.25, 0.3) is 0 Å². The van der Waals surface area contributed by atoms with E-state index in [2.05, 4.69) is 5.32 Å². The molecule has 5 nitrogen and oxygen atoms in total. The Hall–Kier alpha value is -0.170. The molecule has 1 fully saturated rings. The van der Waals surface area contributed by atoms with Crippen LogP contribution in [-0.4, -0.2) is 56.9 Å². The zero-order valence-electron chi connectivity index (χ0n) is 7.90. The predicted molar refractivity (Wildman–Crippen MR) is 49.8 cm³/mol. The van der Waals surface area contributed by atoms with Gasteiger partial charge in [-0.15, -0.1) is 0 Å². The van der Waals surface area contributed by atoms with Crippen LogP contribution < -0.4 is 5.32 Å². The SMILES string of the molecule is CN(C)S(=O)(=O)CC1CNCC1O. The lowest BCUT2D eigenvalue weighted by atomic mass is 10.1. The van der Waals surface area contributed by atoms with Gasteiger partial charge in [-0.3, -0.25) is 0 Å². The van der Waals surface area contributed by atoms with E-state index in [0.29, 0.717) is 13.1 Å². The molecule has 6 heteroatoms. The average molecular weight is 208 g/mol. The molecular weight excluding hydrogens is 192 g/mol. The van der Waals surface area contributed by atoms with Crippen LogP contribution in [0.15, 0.2) is 0 Å². The van der Waals surface area contributed by atoms with Gasteiger partial charge >= 0.3 is 0 Å². The summed E-state index contributed by atoms with van der Waals surface area (Å²) in [5.74, 6) is -0.152. The molecule has 2 unspecified atom stereocenters. The van der Waals surface area contributed by atoms with Gasteiger partial charge in [-0.05, 0) is 0 Å². The first-order valence-corrected chi connectivity index (χ1v) is 5.83. The van der Waals surface area contributed by atoms with Gasteiger partial charge in [-0.2, -0.15) is 0 Å².